The van der Waals surface area contributed by atoms with Crippen LogP contribution in [0.3, 0.4) is 0 Å². The summed E-state index contributed by atoms with van der Waals surface area (Å²) in [5.41, 5.74) is 18.1. The van der Waals surface area contributed by atoms with Gasteiger partial charge in [0.25, 0.3) is 0 Å². The van der Waals surface area contributed by atoms with E-state index in [-0.39, 0.29) is 6.85 Å². The van der Waals surface area contributed by atoms with E-state index in [1.165, 1.54) is 92.3 Å². The zero-order valence-electron chi connectivity index (χ0n) is 34.2. The van der Waals surface area contributed by atoms with Crippen LogP contribution in [0.15, 0.2) is 174 Å². The van der Waals surface area contributed by atoms with E-state index in [1.54, 1.807) is 11.8 Å². The number of nitrogens with zero attached hydrogens (tertiary/aromatic N) is 5. The van der Waals surface area contributed by atoms with Gasteiger partial charge in [-0.15, -0.1) is 23.5 Å². The highest BCUT2D eigenvalue weighted by atomic mass is 32.2. The monoisotopic (exact) mass is 829 g/mol. The molecule has 0 unspecified atom stereocenters. The Hall–Kier alpha value is -6.87. The molecule has 2 aliphatic heterocycles. The van der Waals surface area contributed by atoms with Crippen molar-refractivity contribution in [3.05, 3.63) is 169 Å². The molecule has 2 aliphatic rings. The maximum Gasteiger partial charge on any atom is 0.333 e. The fourth-order valence-electron chi connectivity index (χ4n) is 10.4. The van der Waals surface area contributed by atoms with Crippen LogP contribution in [0.1, 0.15) is 5.56 Å². The van der Waals surface area contributed by atoms with Gasteiger partial charge in [-0.1, -0.05) is 115 Å². The number of hydrogen-bond donors (Lipinski definition) is 0. The molecule has 62 heavy (non-hydrogen) atoms. The van der Waals surface area contributed by atoms with Crippen molar-refractivity contribution in [1.29, 1.82) is 0 Å². The quantitative estimate of drug-likeness (QED) is 0.123. The first kappa shape index (κ1) is 35.8. The number of rotatable bonds is 6. The number of fused-ring (bicyclic) bond motifs is 10. The van der Waals surface area contributed by atoms with Crippen molar-refractivity contribution in [3.8, 4) is 62.1 Å². The third kappa shape index (κ3) is 5.05. The van der Waals surface area contributed by atoms with E-state index >= 15 is 0 Å². The van der Waals surface area contributed by atoms with E-state index in [2.05, 4.69) is 156 Å². The lowest BCUT2D eigenvalue weighted by Crippen LogP contribution is -2.55. The first-order chi connectivity index (χ1) is 30.6. The Bertz CT molecular complexity index is 3630. The summed E-state index contributed by atoms with van der Waals surface area (Å²) in [4.78, 5) is 17.8. The minimum absolute atomic E-state index is 0.0131. The lowest BCUT2D eigenvalue weighted by molar-refractivity contribution is 1.07. The predicted molar refractivity (Wildman–Crippen MR) is 263 cm³/mol. The molecule has 0 bridgehead atoms. The smallest absolute Gasteiger partial charge is 0.333 e. The molecule has 8 heteroatoms. The molecule has 5 nitrogen and oxygen atoms in total. The van der Waals surface area contributed by atoms with Crippen LogP contribution in [0, 0.1) is 6.92 Å². The molecule has 11 aromatic rings. The maximum atomic E-state index is 5.13. The Kier molecular flexibility index (Phi) is 7.85. The molecule has 0 spiro atoms. The largest absolute Gasteiger partial charge is 0.375 e. The fourth-order valence-corrected chi connectivity index (χ4v) is 11.4. The molecule has 5 heterocycles. The molecule has 0 saturated carbocycles. The minimum atomic E-state index is -0.0131. The highest BCUT2D eigenvalue weighted by Crippen LogP contribution is 2.47. The van der Waals surface area contributed by atoms with Gasteiger partial charge in [0.05, 0.1) is 11.0 Å². The van der Waals surface area contributed by atoms with Gasteiger partial charge in [-0.2, -0.15) is 0 Å². The van der Waals surface area contributed by atoms with Crippen molar-refractivity contribution >= 4 is 84.9 Å². The van der Waals surface area contributed by atoms with Gasteiger partial charge in [0.2, 0.25) is 0 Å². The van der Waals surface area contributed by atoms with Crippen molar-refractivity contribution < 1.29 is 0 Å². The van der Waals surface area contributed by atoms with E-state index in [9.17, 15) is 0 Å². The maximum absolute atomic E-state index is 5.13. The summed E-state index contributed by atoms with van der Waals surface area (Å²) in [5.74, 6) is 1.95. The van der Waals surface area contributed by atoms with Crippen LogP contribution in [0.2, 0.25) is 0 Å². The number of hydrogen-bond acceptors (Lipinski definition) is 5. The van der Waals surface area contributed by atoms with Crippen LogP contribution in [0.4, 0.5) is 0 Å². The van der Waals surface area contributed by atoms with Gasteiger partial charge in [0.15, 0.2) is 17.5 Å². The first-order valence-electron chi connectivity index (χ1n) is 21.0. The van der Waals surface area contributed by atoms with Crippen molar-refractivity contribution in [2.45, 2.75) is 16.7 Å². The van der Waals surface area contributed by atoms with E-state index < -0.39 is 0 Å². The van der Waals surface area contributed by atoms with Crippen molar-refractivity contribution in [3.63, 3.8) is 0 Å². The summed E-state index contributed by atoms with van der Waals surface area (Å²) >= 11 is 3.63. The zero-order valence-corrected chi connectivity index (χ0v) is 35.9. The summed E-state index contributed by atoms with van der Waals surface area (Å²) in [6.07, 6.45) is 4.37. The second-order valence-corrected chi connectivity index (χ2v) is 18.1. The van der Waals surface area contributed by atoms with Crippen molar-refractivity contribution in [2.75, 3.05) is 12.5 Å². The number of benzene rings is 8. The van der Waals surface area contributed by atoms with Crippen LogP contribution in [0.5, 0.6) is 0 Å². The molecule has 0 N–H and O–H groups in total. The molecule has 0 aliphatic carbocycles. The van der Waals surface area contributed by atoms with Crippen molar-refractivity contribution in [2.24, 2.45) is 0 Å². The predicted octanol–water partition coefficient (Wildman–Crippen LogP) is 12.4. The third-order valence-electron chi connectivity index (χ3n) is 13.1. The van der Waals surface area contributed by atoms with Crippen LogP contribution in [-0.4, -0.2) is 43.4 Å². The Balaban J connectivity index is 1.12. The average Bonchev–Trinajstić information content (AvgIpc) is 3.85. The van der Waals surface area contributed by atoms with Gasteiger partial charge in [-0.25, -0.2) is 15.0 Å². The molecular formula is C54H36BN5S2. The Labute approximate surface area is 367 Å². The summed E-state index contributed by atoms with van der Waals surface area (Å²) in [5, 5.41) is 5.18. The van der Waals surface area contributed by atoms with Crippen LogP contribution >= 0.6 is 23.5 Å². The second-order valence-electron chi connectivity index (χ2n) is 16.3. The Morgan fingerprint density at radius 3 is 1.84 bits per heavy atom. The topological polar surface area (TPSA) is 48.5 Å². The standard InChI is InChI=1S/C54H36BN5S2/c1-31-41(34-18-12-19-35(26-34)54-57-52(32-14-6-4-7-15-32)56-53(58-54)33-16-8-5-9-17-33)30-47-49-48(31)40-22-13-21-39-38-20-10-11-23-46(38)60(50(39)40)55(49)44-29-37(62-3)28-43-42-27-36(61-2)24-25-45(42)59(47)51(43)44/h4-30H,1-3H3. The van der Waals surface area contributed by atoms with Gasteiger partial charge in [-0.3, -0.25) is 0 Å². The lowest BCUT2D eigenvalue weighted by atomic mass is 9.45. The zero-order chi connectivity index (χ0) is 41.2. The highest BCUT2D eigenvalue weighted by molar-refractivity contribution is 7.98. The van der Waals surface area contributed by atoms with Crippen LogP contribution in [-0.2, 0) is 0 Å². The highest BCUT2D eigenvalue weighted by Gasteiger charge is 2.42. The molecule has 3 aromatic heterocycles. The number of para-hydroxylation sites is 2. The lowest BCUT2D eigenvalue weighted by Gasteiger charge is -2.36. The van der Waals surface area contributed by atoms with Gasteiger partial charge in [-0.05, 0) is 101 Å². The van der Waals surface area contributed by atoms with Gasteiger partial charge in [0, 0.05) is 70.3 Å². The summed E-state index contributed by atoms with van der Waals surface area (Å²) in [6, 6.07) is 59.4. The summed E-state index contributed by atoms with van der Waals surface area (Å²) < 4.78 is 5.24. The van der Waals surface area contributed by atoms with Gasteiger partial charge < -0.3 is 9.05 Å². The molecule has 0 fully saturated rings. The number of thioether (sulfide) groups is 2. The first-order valence-corrected chi connectivity index (χ1v) is 23.4. The summed E-state index contributed by atoms with van der Waals surface area (Å²) in [7, 11) is 0. The molecule has 13 rings (SSSR count). The van der Waals surface area contributed by atoms with Crippen molar-refractivity contribution in [1.82, 2.24) is 24.0 Å². The van der Waals surface area contributed by atoms with E-state index in [0.29, 0.717) is 17.5 Å². The second kappa shape index (κ2) is 13.6. The fraction of sp³-hybridized carbons (Fsp3) is 0.0556. The van der Waals surface area contributed by atoms with Gasteiger partial charge in [0.1, 0.15) is 0 Å². The SMILES string of the molecule is CSc1ccc2c(c1)c1cc(SC)cc3c1n2-c1cc(-c2cccc(-c4nc(-c5ccccc5)nc(-c5ccccc5)n4)c2)c(C)c2c1B3n1c3ccccc3c3cccc-2c31. The molecule has 0 radical (unpaired) electrons. The van der Waals surface area contributed by atoms with Crippen LogP contribution < -0.4 is 10.9 Å². The average molecular weight is 830 g/mol. The Morgan fingerprint density at radius 1 is 0.468 bits per heavy atom. The van der Waals surface area contributed by atoms with E-state index in [4.69, 9.17) is 15.0 Å². The normalized spacial score (nSPS) is 12.5. The summed E-state index contributed by atoms with van der Waals surface area (Å²) in [6.45, 7) is 2.32. The molecule has 0 saturated heterocycles. The molecule has 8 aromatic carbocycles. The molecule has 0 atom stereocenters. The van der Waals surface area contributed by atoms with Gasteiger partial charge >= 0.3 is 6.85 Å². The van der Waals surface area contributed by atoms with E-state index in [1.807, 2.05) is 48.2 Å². The minimum Gasteiger partial charge on any atom is -0.375 e. The number of aromatic nitrogens is 5. The molecule has 0 amide bonds. The molecular weight excluding hydrogens is 794 g/mol. The van der Waals surface area contributed by atoms with Crippen LogP contribution in [0.25, 0.3) is 106 Å². The third-order valence-corrected chi connectivity index (χ3v) is 14.5. The van der Waals surface area contributed by atoms with E-state index in [0.717, 1.165) is 22.3 Å². The molecule has 292 valence electrons. The Morgan fingerprint density at radius 2 is 1.10 bits per heavy atom.